The molecule has 11 rings (SSSR count). The Labute approximate surface area is 392 Å². The lowest BCUT2D eigenvalue weighted by atomic mass is 9.62. The molecule has 0 radical (unpaired) electrons. The van der Waals surface area contributed by atoms with Gasteiger partial charge >= 0.3 is 0 Å². The SMILES string of the molecule is C=Cc1ccc(N(C2=C/C(C)C3=C(c4cc(N(C5=CC[C@@](C)(C=C)C=C5)C5C=CC=C6C=CC=CC65)ccc4C4C=CC=CC34)C3CC=CC=C3C/C=C\2)c2cccc3ccccc23)cc1. The van der Waals surface area contributed by atoms with Crippen molar-refractivity contribution in [1.29, 1.82) is 0 Å². The lowest BCUT2D eigenvalue weighted by Crippen LogP contribution is -2.40. The molecule has 0 fully saturated rings. The van der Waals surface area contributed by atoms with E-state index in [4.69, 9.17) is 0 Å². The maximum Gasteiger partial charge on any atom is 0.0628 e. The minimum absolute atomic E-state index is 0.0654. The Morgan fingerprint density at radius 3 is 2.35 bits per heavy atom. The number of allylic oxidation sites excluding steroid dienone is 22. The molecule has 0 N–H and O–H groups in total. The lowest BCUT2D eigenvalue weighted by Gasteiger charge is -2.43. The molecule has 0 aromatic heterocycles. The van der Waals surface area contributed by atoms with Crippen molar-refractivity contribution in [1.82, 2.24) is 0 Å². The molecule has 0 amide bonds. The summed E-state index contributed by atoms with van der Waals surface area (Å²) in [5.74, 6) is 1.07. The van der Waals surface area contributed by atoms with E-state index in [0.717, 1.165) is 30.5 Å². The third kappa shape index (κ3) is 7.39. The number of rotatable bonds is 8. The van der Waals surface area contributed by atoms with E-state index in [-0.39, 0.29) is 41.0 Å². The summed E-state index contributed by atoms with van der Waals surface area (Å²) >= 11 is 0. The van der Waals surface area contributed by atoms with Gasteiger partial charge in [0.1, 0.15) is 0 Å². The molecular weight excluding hydrogens is 797 g/mol. The summed E-state index contributed by atoms with van der Waals surface area (Å²) in [4.78, 5) is 5.11. The first-order valence-corrected chi connectivity index (χ1v) is 23.9. The van der Waals surface area contributed by atoms with Crippen LogP contribution in [0.1, 0.15) is 55.7 Å². The van der Waals surface area contributed by atoms with Crippen molar-refractivity contribution in [2.75, 3.05) is 9.80 Å². The molecule has 7 aliphatic carbocycles. The van der Waals surface area contributed by atoms with Gasteiger partial charge in [-0.3, -0.25) is 0 Å². The predicted molar refractivity (Wildman–Crippen MR) is 282 cm³/mol. The van der Waals surface area contributed by atoms with Crippen LogP contribution in [0.25, 0.3) is 22.4 Å². The van der Waals surface area contributed by atoms with Crippen LogP contribution in [0.3, 0.4) is 0 Å². The van der Waals surface area contributed by atoms with Crippen LogP contribution in [0.5, 0.6) is 0 Å². The van der Waals surface area contributed by atoms with Gasteiger partial charge < -0.3 is 9.80 Å². The molecule has 0 bridgehead atoms. The highest BCUT2D eigenvalue weighted by molar-refractivity contribution is 5.97. The average molecular weight is 855 g/mol. The maximum atomic E-state index is 4.21. The van der Waals surface area contributed by atoms with E-state index in [1.165, 1.54) is 67.0 Å². The van der Waals surface area contributed by atoms with Gasteiger partial charge in [-0.05, 0) is 101 Å². The second-order valence-electron chi connectivity index (χ2n) is 19.1. The number of hydrogen-bond donors (Lipinski definition) is 0. The summed E-state index contributed by atoms with van der Waals surface area (Å²) in [5, 5.41) is 2.45. The Balaban J connectivity index is 1.12. The van der Waals surface area contributed by atoms with Gasteiger partial charge in [0, 0.05) is 57.2 Å². The molecule has 2 heteroatoms. The fourth-order valence-corrected chi connectivity index (χ4v) is 11.6. The van der Waals surface area contributed by atoms with Gasteiger partial charge in [-0.2, -0.15) is 0 Å². The highest BCUT2D eigenvalue weighted by atomic mass is 15.2. The molecule has 4 aromatic rings. The monoisotopic (exact) mass is 854 g/mol. The summed E-state index contributed by atoms with van der Waals surface area (Å²) in [7, 11) is 0. The summed E-state index contributed by atoms with van der Waals surface area (Å²) in [6.45, 7) is 13.0. The second-order valence-corrected chi connectivity index (χ2v) is 19.1. The molecule has 4 aromatic carbocycles. The molecule has 0 saturated heterocycles. The minimum atomic E-state index is -0.0654. The van der Waals surface area contributed by atoms with E-state index in [9.17, 15) is 0 Å². The van der Waals surface area contributed by atoms with Crippen molar-refractivity contribution in [2.24, 2.45) is 29.1 Å². The number of nitrogens with zero attached hydrogens (tertiary/aromatic N) is 2. The highest BCUT2D eigenvalue weighted by Gasteiger charge is 2.40. The number of anilines is 3. The second kappa shape index (κ2) is 17.3. The molecule has 6 unspecified atom stereocenters. The third-order valence-electron chi connectivity index (χ3n) is 15.1. The normalized spacial score (nSPS) is 28.0. The van der Waals surface area contributed by atoms with E-state index < -0.39 is 0 Å². The van der Waals surface area contributed by atoms with Crippen LogP contribution in [0, 0.1) is 29.1 Å². The zero-order chi connectivity index (χ0) is 44.8. The molecular formula is C64H58N2. The molecule has 0 saturated carbocycles. The first kappa shape index (κ1) is 41.5. The zero-order valence-corrected chi connectivity index (χ0v) is 38.2. The molecule has 0 aliphatic heterocycles. The van der Waals surface area contributed by atoms with Gasteiger partial charge in [-0.15, -0.1) is 6.58 Å². The zero-order valence-electron chi connectivity index (χ0n) is 38.2. The van der Waals surface area contributed by atoms with E-state index in [0.29, 0.717) is 0 Å². The van der Waals surface area contributed by atoms with Gasteiger partial charge in [0.05, 0.1) is 11.7 Å². The van der Waals surface area contributed by atoms with Crippen LogP contribution >= 0.6 is 0 Å². The Kier molecular flexibility index (Phi) is 10.9. The Morgan fingerprint density at radius 2 is 1.52 bits per heavy atom. The quantitative estimate of drug-likeness (QED) is 0.163. The lowest BCUT2D eigenvalue weighted by molar-refractivity contribution is 0.547. The van der Waals surface area contributed by atoms with Crippen LogP contribution in [0.2, 0.25) is 0 Å². The van der Waals surface area contributed by atoms with Gasteiger partial charge in [0.15, 0.2) is 0 Å². The smallest absolute Gasteiger partial charge is 0.0628 e. The van der Waals surface area contributed by atoms with E-state index in [1.54, 1.807) is 0 Å². The molecule has 7 aliphatic rings. The van der Waals surface area contributed by atoms with Gasteiger partial charge in [-0.25, -0.2) is 0 Å². The van der Waals surface area contributed by atoms with Crippen molar-refractivity contribution in [3.05, 3.63) is 270 Å². The number of benzene rings is 4. The van der Waals surface area contributed by atoms with Crippen molar-refractivity contribution < 1.29 is 0 Å². The van der Waals surface area contributed by atoms with E-state index in [1.807, 2.05) is 6.08 Å². The van der Waals surface area contributed by atoms with Gasteiger partial charge in [-0.1, -0.05) is 208 Å². The molecule has 7 atom stereocenters. The van der Waals surface area contributed by atoms with Crippen molar-refractivity contribution >= 4 is 39.5 Å². The van der Waals surface area contributed by atoms with Crippen LogP contribution in [0.4, 0.5) is 17.1 Å². The first-order chi connectivity index (χ1) is 32.4. The fourth-order valence-electron chi connectivity index (χ4n) is 11.6. The van der Waals surface area contributed by atoms with Gasteiger partial charge in [0.25, 0.3) is 0 Å². The van der Waals surface area contributed by atoms with Crippen LogP contribution in [-0.2, 0) is 0 Å². The van der Waals surface area contributed by atoms with E-state index >= 15 is 0 Å². The summed E-state index contributed by atoms with van der Waals surface area (Å²) in [5.41, 5.74) is 15.6. The van der Waals surface area contributed by atoms with Gasteiger partial charge in [0.2, 0.25) is 0 Å². The largest absolute Gasteiger partial charge is 0.334 e. The third-order valence-corrected chi connectivity index (χ3v) is 15.1. The Morgan fingerprint density at radius 1 is 0.712 bits per heavy atom. The molecule has 2 nitrogen and oxygen atoms in total. The van der Waals surface area contributed by atoms with Crippen molar-refractivity contribution in [2.45, 2.75) is 45.1 Å². The fraction of sp³-hybridized carbons (Fsp3) is 0.188. The van der Waals surface area contributed by atoms with Crippen LogP contribution in [-0.4, -0.2) is 6.04 Å². The van der Waals surface area contributed by atoms with E-state index in [2.05, 4.69) is 249 Å². The maximum absolute atomic E-state index is 4.21. The summed E-state index contributed by atoms with van der Waals surface area (Å²) in [6.07, 6.45) is 53.9. The van der Waals surface area contributed by atoms with Crippen molar-refractivity contribution in [3.63, 3.8) is 0 Å². The molecule has 66 heavy (non-hydrogen) atoms. The predicted octanol–water partition coefficient (Wildman–Crippen LogP) is 16.3. The molecule has 0 heterocycles. The number of fused-ring (bicyclic) bond motifs is 9. The summed E-state index contributed by atoms with van der Waals surface area (Å²) < 4.78 is 0. The topological polar surface area (TPSA) is 6.48 Å². The standard InChI is InChI=1S/C64H58N2/c1-5-45-32-34-49(35-33-45)65(60-30-16-22-46-18-7-10-25-53(46)60)51-24-15-21-48-20-9-12-27-55(48)63-59-43-52(36-37-57(59)56-28-13-14-29-58(56)62(63)44(3)42-51)66(50-38-40-64(4,6-2)41-39-50)61-31-17-23-47-19-8-11-26-54(47)61/h5-20,22-26,28-40,42-44,54-56,58,61H,1-2,21,27,41H2,3-4H3/b24-15-,51-42+/t44?,54?,55?,56?,58?,61?,64-/m0/s1. The van der Waals surface area contributed by atoms with Crippen LogP contribution < -0.4 is 9.80 Å². The average Bonchev–Trinajstić information content (AvgIpc) is 3.37. The van der Waals surface area contributed by atoms with Crippen LogP contribution in [0.15, 0.2) is 254 Å². The minimum Gasteiger partial charge on any atom is -0.334 e. The molecule has 0 spiro atoms. The first-order valence-electron chi connectivity index (χ1n) is 23.9. The van der Waals surface area contributed by atoms with Crippen molar-refractivity contribution in [3.8, 4) is 0 Å². The summed E-state index contributed by atoms with van der Waals surface area (Å²) in [6, 6.07) is 31.9. The Bertz CT molecular complexity index is 3040. The molecule has 324 valence electrons. The Hall–Kier alpha value is -7.16. The number of hydrogen-bond acceptors (Lipinski definition) is 2. The highest BCUT2D eigenvalue weighted by Crippen LogP contribution is 2.55.